The summed E-state index contributed by atoms with van der Waals surface area (Å²) in [6.45, 7) is 0. The van der Waals surface area contributed by atoms with Gasteiger partial charge in [-0.2, -0.15) is 18.4 Å². The lowest BCUT2D eigenvalue weighted by Gasteiger charge is -2.43. The largest absolute Gasteiger partial charge is 0.419 e. The topological polar surface area (TPSA) is 60.2 Å². The van der Waals surface area contributed by atoms with Crippen molar-refractivity contribution < 1.29 is 31.1 Å². The lowest BCUT2D eigenvalue weighted by molar-refractivity contribution is -0.138. The molecule has 0 radical (unpaired) electrons. The van der Waals surface area contributed by atoms with Gasteiger partial charge in [0.1, 0.15) is 23.1 Å². The molecule has 0 atom stereocenters. The Morgan fingerprint density at radius 1 is 1.16 bits per heavy atom. The molecule has 2 aliphatic rings. The molecule has 2 fully saturated rings. The molecule has 31 heavy (non-hydrogen) atoms. The van der Waals surface area contributed by atoms with Gasteiger partial charge in [0, 0.05) is 0 Å². The highest BCUT2D eigenvalue weighted by atomic mass is 32.1. The van der Waals surface area contributed by atoms with Gasteiger partial charge in [-0.1, -0.05) is 0 Å². The van der Waals surface area contributed by atoms with Crippen LogP contribution in [-0.2, 0) is 11.0 Å². The number of nitriles is 1. The van der Waals surface area contributed by atoms with Gasteiger partial charge in [-0.15, -0.1) is 0 Å². The summed E-state index contributed by atoms with van der Waals surface area (Å²) < 4.78 is 82.9. The molecule has 1 aliphatic heterocycles. The summed E-state index contributed by atoms with van der Waals surface area (Å²) in [5.41, 5.74) is -5.18. The maximum atomic E-state index is 14.5. The van der Waals surface area contributed by atoms with Crippen LogP contribution in [0.25, 0.3) is 0 Å². The fraction of sp³-hybridized carbons (Fsp3) is 0.263. The molecular formula is C19H10F6N4OS. The number of amides is 1. The summed E-state index contributed by atoms with van der Waals surface area (Å²) in [5, 5.41) is 8.38. The molecule has 2 aromatic rings. The molecule has 12 heteroatoms. The molecule has 1 aliphatic carbocycles. The molecule has 1 aromatic heterocycles. The van der Waals surface area contributed by atoms with E-state index in [1.54, 1.807) is 0 Å². The Kier molecular flexibility index (Phi) is 4.69. The number of carbonyl (C=O) groups is 1. The second-order valence-corrected chi connectivity index (χ2v) is 7.40. The normalized spacial score (nSPS) is 17.8. The molecule has 4 rings (SSSR count). The zero-order chi connectivity index (χ0) is 22.7. The molecular weight excluding hydrogens is 446 g/mol. The minimum absolute atomic E-state index is 0.105. The summed E-state index contributed by atoms with van der Waals surface area (Å²) >= 11 is 5.21. The zero-order valence-corrected chi connectivity index (χ0v) is 16.1. The molecule has 1 aromatic carbocycles. The van der Waals surface area contributed by atoms with Crippen LogP contribution in [0.2, 0.25) is 0 Å². The van der Waals surface area contributed by atoms with Crippen molar-refractivity contribution in [3.8, 4) is 6.07 Å². The van der Waals surface area contributed by atoms with E-state index in [0.29, 0.717) is 29.5 Å². The lowest BCUT2D eigenvalue weighted by Crippen LogP contribution is -2.55. The third-order valence-corrected chi connectivity index (χ3v) is 5.74. The van der Waals surface area contributed by atoms with Crippen molar-refractivity contribution in [3.05, 3.63) is 53.1 Å². The van der Waals surface area contributed by atoms with Crippen molar-refractivity contribution in [3.63, 3.8) is 0 Å². The number of anilines is 2. The van der Waals surface area contributed by atoms with Gasteiger partial charge in [0.2, 0.25) is 0 Å². The van der Waals surface area contributed by atoms with E-state index in [2.05, 4.69) is 4.98 Å². The summed E-state index contributed by atoms with van der Waals surface area (Å²) in [6.07, 6.45) is -3.42. The highest BCUT2D eigenvalue weighted by Crippen LogP contribution is 2.49. The van der Waals surface area contributed by atoms with Gasteiger partial charge in [0.25, 0.3) is 5.91 Å². The Balaban J connectivity index is 1.89. The number of alkyl halides is 3. The predicted molar refractivity (Wildman–Crippen MR) is 99.4 cm³/mol. The van der Waals surface area contributed by atoms with Crippen LogP contribution in [0.4, 0.5) is 37.7 Å². The molecule has 1 saturated carbocycles. The molecule has 1 amide bonds. The van der Waals surface area contributed by atoms with Crippen molar-refractivity contribution in [2.24, 2.45) is 0 Å². The number of benzene rings is 1. The Morgan fingerprint density at radius 2 is 1.81 bits per heavy atom. The predicted octanol–water partition coefficient (Wildman–Crippen LogP) is 4.45. The summed E-state index contributed by atoms with van der Waals surface area (Å²) in [7, 11) is 0. The maximum absolute atomic E-state index is 14.5. The van der Waals surface area contributed by atoms with E-state index in [1.807, 2.05) is 0 Å². The summed E-state index contributed by atoms with van der Waals surface area (Å²) in [6, 6.07) is 3.07. The van der Waals surface area contributed by atoms with Gasteiger partial charge in [-0.25, -0.2) is 18.2 Å². The maximum Gasteiger partial charge on any atom is 0.419 e. The van der Waals surface area contributed by atoms with Gasteiger partial charge >= 0.3 is 6.18 Å². The van der Waals surface area contributed by atoms with Gasteiger partial charge in [0.05, 0.1) is 17.4 Å². The highest BCUT2D eigenvalue weighted by molar-refractivity contribution is 7.81. The molecule has 0 bridgehead atoms. The fourth-order valence-electron chi connectivity index (χ4n) is 3.76. The first-order chi connectivity index (χ1) is 14.5. The van der Waals surface area contributed by atoms with E-state index in [9.17, 15) is 31.1 Å². The van der Waals surface area contributed by atoms with E-state index < -0.39 is 62.8 Å². The second-order valence-electron chi connectivity index (χ2n) is 7.03. The second kappa shape index (κ2) is 6.91. The molecule has 0 N–H and O–H groups in total. The monoisotopic (exact) mass is 456 g/mol. The van der Waals surface area contributed by atoms with Crippen LogP contribution in [0.5, 0.6) is 0 Å². The molecule has 2 heterocycles. The number of pyridine rings is 1. The molecule has 160 valence electrons. The van der Waals surface area contributed by atoms with Crippen molar-refractivity contribution in [2.45, 2.75) is 31.0 Å². The van der Waals surface area contributed by atoms with Crippen molar-refractivity contribution >= 4 is 34.6 Å². The average molecular weight is 456 g/mol. The Hall–Kier alpha value is -3.20. The van der Waals surface area contributed by atoms with Crippen molar-refractivity contribution in [1.29, 1.82) is 5.26 Å². The van der Waals surface area contributed by atoms with Gasteiger partial charge in [-0.05, 0) is 49.7 Å². The van der Waals surface area contributed by atoms with E-state index in [4.69, 9.17) is 17.5 Å². The number of thiocarbonyl (C=S) groups is 1. The van der Waals surface area contributed by atoms with E-state index in [-0.39, 0.29) is 12.8 Å². The van der Waals surface area contributed by atoms with Crippen LogP contribution < -0.4 is 9.80 Å². The Bertz CT molecular complexity index is 1170. The quantitative estimate of drug-likeness (QED) is 0.380. The molecule has 1 spiro atoms. The highest BCUT2D eigenvalue weighted by Gasteiger charge is 2.61. The number of nitrogens with zero attached hydrogens (tertiary/aromatic N) is 4. The van der Waals surface area contributed by atoms with Gasteiger partial charge in [0.15, 0.2) is 22.4 Å². The average Bonchev–Trinajstić information content (AvgIpc) is 2.91. The first-order valence-corrected chi connectivity index (χ1v) is 9.23. The van der Waals surface area contributed by atoms with Crippen LogP contribution in [0.1, 0.15) is 30.5 Å². The van der Waals surface area contributed by atoms with Crippen LogP contribution in [0.15, 0.2) is 24.4 Å². The fourth-order valence-corrected chi connectivity index (χ4v) is 4.22. The number of halogens is 6. The number of hydrogen-bond donors (Lipinski definition) is 0. The number of carbonyl (C=O) groups excluding carboxylic acids is 1. The lowest BCUT2D eigenvalue weighted by atomic mass is 9.75. The number of aromatic nitrogens is 1. The molecule has 1 saturated heterocycles. The Morgan fingerprint density at radius 3 is 2.35 bits per heavy atom. The first kappa shape index (κ1) is 21.0. The first-order valence-electron chi connectivity index (χ1n) is 8.82. The van der Waals surface area contributed by atoms with Gasteiger partial charge in [-0.3, -0.25) is 14.6 Å². The van der Waals surface area contributed by atoms with E-state index in [0.717, 1.165) is 11.1 Å². The minimum Gasteiger partial charge on any atom is -0.298 e. The van der Waals surface area contributed by atoms with Crippen molar-refractivity contribution in [2.75, 3.05) is 9.80 Å². The number of rotatable bonds is 2. The third-order valence-electron chi connectivity index (χ3n) is 5.38. The van der Waals surface area contributed by atoms with Crippen LogP contribution in [-0.4, -0.2) is 21.5 Å². The van der Waals surface area contributed by atoms with E-state index >= 15 is 0 Å². The summed E-state index contributed by atoms with van der Waals surface area (Å²) in [5.74, 6) is -4.95. The van der Waals surface area contributed by atoms with Crippen LogP contribution in [0.3, 0.4) is 0 Å². The minimum atomic E-state index is -4.95. The number of hydrogen-bond acceptors (Lipinski definition) is 4. The Labute approximate surface area is 176 Å². The van der Waals surface area contributed by atoms with E-state index in [1.165, 1.54) is 6.07 Å². The van der Waals surface area contributed by atoms with Crippen LogP contribution in [0, 0.1) is 28.8 Å². The third kappa shape index (κ3) is 2.95. The smallest absolute Gasteiger partial charge is 0.298 e. The SMILES string of the molecule is N#Cc1ncc(N2C(=O)C3(CCC3)N(c3c(F)ccc(F)c3F)C2=S)cc1C(F)(F)F. The molecule has 0 unspecified atom stereocenters. The standard InChI is InChI=1S/C19H10F6N4OS/c20-11-2-3-12(21)15(14(11)22)29-17(31)28(16(30)18(29)4-1-5-18)9-6-10(19(23,24)25)13(7-26)27-8-9/h2-3,6,8H,1,4-5H2. The molecule has 5 nitrogen and oxygen atoms in total. The summed E-state index contributed by atoms with van der Waals surface area (Å²) in [4.78, 5) is 18.2. The van der Waals surface area contributed by atoms with Gasteiger partial charge < -0.3 is 0 Å². The zero-order valence-electron chi connectivity index (χ0n) is 15.3. The van der Waals surface area contributed by atoms with Crippen LogP contribution >= 0.6 is 12.2 Å². The van der Waals surface area contributed by atoms with Crippen molar-refractivity contribution in [1.82, 2.24) is 4.98 Å².